The Morgan fingerprint density at radius 3 is 2.58 bits per heavy atom. The third kappa shape index (κ3) is 2.83. The number of anilines is 1. The minimum Gasteiger partial charge on any atom is -0.477 e. The number of rotatable bonds is 4. The molecule has 0 saturated heterocycles. The van der Waals surface area contributed by atoms with Crippen LogP contribution in [0.15, 0.2) is 53.6 Å². The van der Waals surface area contributed by atoms with Gasteiger partial charge in [0.05, 0.1) is 16.7 Å². The number of carbonyl (C=O) groups is 1. The normalized spacial score (nSPS) is 16.8. The average Bonchev–Trinajstić information content (AvgIpc) is 3.00. The predicted octanol–water partition coefficient (Wildman–Crippen LogP) is 3.30. The molecule has 0 fully saturated rings. The lowest BCUT2D eigenvalue weighted by Gasteiger charge is -2.25. The summed E-state index contributed by atoms with van der Waals surface area (Å²) < 4.78 is 0. The lowest BCUT2D eigenvalue weighted by atomic mass is 10.0. The molecular formula is C17H15N3O4. The van der Waals surface area contributed by atoms with Gasteiger partial charge in [-0.2, -0.15) is 5.10 Å². The molecule has 0 radical (unpaired) electrons. The van der Waals surface area contributed by atoms with E-state index in [-0.39, 0.29) is 23.9 Å². The molecule has 1 aliphatic rings. The monoisotopic (exact) mass is 325 g/mol. The zero-order valence-electron chi connectivity index (χ0n) is 12.9. The topological polar surface area (TPSA) is 96.0 Å². The van der Waals surface area contributed by atoms with Gasteiger partial charge in [-0.05, 0) is 24.1 Å². The molecule has 3 rings (SSSR count). The Kier molecular flexibility index (Phi) is 3.99. The molecule has 0 amide bonds. The number of aliphatic carboxylic acids is 1. The largest absolute Gasteiger partial charge is 0.477 e. The Labute approximate surface area is 138 Å². The number of aryl methyl sites for hydroxylation is 1. The Balaban J connectivity index is 2.04. The second kappa shape index (κ2) is 6.11. The van der Waals surface area contributed by atoms with Crippen molar-refractivity contribution in [2.45, 2.75) is 19.4 Å². The van der Waals surface area contributed by atoms with Gasteiger partial charge >= 0.3 is 5.97 Å². The van der Waals surface area contributed by atoms with Crippen molar-refractivity contribution in [1.82, 2.24) is 0 Å². The van der Waals surface area contributed by atoms with E-state index in [0.717, 1.165) is 5.56 Å². The first-order valence-corrected chi connectivity index (χ1v) is 7.37. The van der Waals surface area contributed by atoms with Gasteiger partial charge in [0.2, 0.25) is 0 Å². The van der Waals surface area contributed by atoms with Crippen molar-refractivity contribution in [2.75, 3.05) is 5.01 Å². The first kappa shape index (κ1) is 15.7. The number of hydrazone groups is 1. The molecule has 122 valence electrons. The number of hydrogen-bond acceptors (Lipinski definition) is 5. The maximum Gasteiger partial charge on any atom is 0.352 e. The number of nitrogens with zero attached hydrogens (tertiary/aromatic N) is 3. The third-order valence-corrected chi connectivity index (χ3v) is 3.98. The summed E-state index contributed by atoms with van der Waals surface area (Å²) in [4.78, 5) is 21.8. The van der Waals surface area contributed by atoms with Crippen LogP contribution in [0.1, 0.15) is 23.6 Å². The fourth-order valence-electron chi connectivity index (χ4n) is 2.81. The molecule has 2 aromatic rings. The minimum absolute atomic E-state index is 0.00542. The lowest BCUT2D eigenvalue weighted by molar-refractivity contribution is -0.384. The van der Waals surface area contributed by atoms with Gasteiger partial charge in [0.25, 0.3) is 5.69 Å². The second-order valence-corrected chi connectivity index (χ2v) is 5.55. The van der Waals surface area contributed by atoms with Gasteiger partial charge in [-0.15, -0.1) is 0 Å². The summed E-state index contributed by atoms with van der Waals surface area (Å²) in [6.07, 6.45) is 0.274. The third-order valence-electron chi connectivity index (χ3n) is 3.98. The molecule has 24 heavy (non-hydrogen) atoms. The van der Waals surface area contributed by atoms with Crippen LogP contribution in [-0.4, -0.2) is 21.7 Å². The van der Waals surface area contributed by atoms with E-state index in [1.54, 1.807) is 18.0 Å². The van der Waals surface area contributed by atoms with E-state index in [9.17, 15) is 20.0 Å². The molecule has 0 saturated carbocycles. The van der Waals surface area contributed by atoms with E-state index in [2.05, 4.69) is 5.10 Å². The van der Waals surface area contributed by atoms with Crippen molar-refractivity contribution < 1.29 is 14.8 Å². The van der Waals surface area contributed by atoms with Crippen molar-refractivity contribution in [3.05, 3.63) is 69.8 Å². The Morgan fingerprint density at radius 2 is 2.00 bits per heavy atom. The number of nitro groups is 1. The molecule has 1 N–H and O–H groups in total. The lowest BCUT2D eigenvalue weighted by Crippen LogP contribution is -2.19. The zero-order chi connectivity index (χ0) is 17.3. The van der Waals surface area contributed by atoms with Crippen LogP contribution < -0.4 is 5.01 Å². The van der Waals surface area contributed by atoms with Crippen molar-refractivity contribution in [3.63, 3.8) is 0 Å². The molecule has 2 aromatic carbocycles. The van der Waals surface area contributed by atoms with Crippen molar-refractivity contribution in [1.29, 1.82) is 0 Å². The standard InChI is InChI=1S/C17H15N3O4/c1-11-9-13(20(23)24)7-8-15(11)19-16(10-14(18-19)17(21)22)12-5-3-2-4-6-12/h2-9,16H,10H2,1H3,(H,21,22). The quantitative estimate of drug-likeness (QED) is 0.687. The SMILES string of the molecule is Cc1cc([N+](=O)[O-])ccc1N1N=C(C(=O)O)CC1c1ccccc1. The van der Waals surface area contributed by atoms with Gasteiger partial charge in [-0.25, -0.2) is 4.79 Å². The molecule has 7 heteroatoms. The van der Waals surface area contributed by atoms with Crippen LogP contribution in [0.25, 0.3) is 0 Å². The van der Waals surface area contributed by atoms with Crippen LogP contribution in [0.2, 0.25) is 0 Å². The van der Waals surface area contributed by atoms with Crippen LogP contribution in [0.5, 0.6) is 0 Å². The maximum atomic E-state index is 11.3. The van der Waals surface area contributed by atoms with E-state index in [1.807, 2.05) is 30.3 Å². The molecule has 0 aromatic heterocycles. The summed E-state index contributed by atoms with van der Waals surface area (Å²) in [6.45, 7) is 1.75. The summed E-state index contributed by atoms with van der Waals surface area (Å²) >= 11 is 0. The van der Waals surface area contributed by atoms with Crippen LogP contribution in [0.3, 0.4) is 0 Å². The number of carboxylic acid groups (broad SMARTS) is 1. The number of hydrogen-bond donors (Lipinski definition) is 1. The van der Waals surface area contributed by atoms with Crippen LogP contribution in [-0.2, 0) is 4.79 Å². The predicted molar refractivity (Wildman–Crippen MR) is 89.2 cm³/mol. The summed E-state index contributed by atoms with van der Waals surface area (Å²) in [6, 6.07) is 13.7. The van der Waals surface area contributed by atoms with Crippen molar-refractivity contribution >= 4 is 23.1 Å². The van der Waals surface area contributed by atoms with Gasteiger partial charge in [0, 0.05) is 18.6 Å². The molecule has 1 heterocycles. The van der Waals surface area contributed by atoms with E-state index < -0.39 is 10.9 Å². The first-order chi connectivity index (χ1) is 11.5. The molecule has 7 nitrogen and oxygen atoms in total. The summed E-state index contributed by atoms with van der Waals surface area (Å²) in [5, 5.41) is 26.0. The van der Waals surface area contributed by atoms with Crippen molar-refractivity contribution in [3.8, 4) is 0 Å². The molecule has 0 spiro atoms. The first-order valence-electron chi connectivity index (χ1n) is 7.37. The number of benzene rings is 2. The number of nitro benzene ring substituents is 1. The Bertz CT molecular complexity index is 833. The number of non-ortho nitro benzene ring substituents is 1. The van der Waals surface area contributed by atoms with Gasteiger partial charge < -0.3 is 5.11 Å². The fourth-order valence-corrected chi connectivity index (χ4v) is 2.81. The zero-order valence-corrected chi connectivity index (χ0v) is 12.9. The van der Waals surface area contributed by atoms with E-state index >= 15 is 0 Å². The smallest absolute Gasteiger partial charge is 0.352 e. The highest BCUT2D eigenvalue weighted by Gasteiger charge is 2.33. The fraction of sp³-hybridized carbons (Fsp3) is 0.176. The Hall–Kier alpha value is -3.22. The minimum atomic E-state index is -1.06. The summed E-state index contributed by atoms with van der Waals surface area (Å²) in [5.74, 6) is -1.06. The highest BCUT2D eigenvalue weighted by Crippen LogP contribution is 2.37. The van der Waals surface area contributed by atoms with Crippen molar-refractivity contribution in [2.24, 2.45) is 5.10 Å². The van der Waals surface area contributed by atoms with Crippen LogP contribution in [0, 0.1) is 17.0 Å². The highest BCUT2D eigenvalue weighted by atomic mass is 16.6. The maximum absolute atomic E-state index is 11.3. The van der Waals surface area contributed by atoms with Crippen LogP contribution in [0.4, 0.5) is 11.4 Å². The van der Waals surface area contributed by atoms with Gasteiger partial charge in [0.15, 0.2) is 0 Å². The van der Waals surface area contributed by atoms with Crippen LogP contribution >= 0.6 is 0 Å². The van der Waals surface area contributed by atoms with Gasteiger partial charge in [-0.1, -0.05) is 30.3 Å². The van der Waals surface area contributed by atoms with E-state index in [1.165, 1.54) is 12.1 Å². The van der Waals surface area contributed by atoms with E-state index in [4.69, 9.17) is 0 Å². The van der Waals surface area contributed by atoms with Gasteiger partial charge in [0.1, 0.15) is 5.71 Å². The highest BCUT2D eigenvalue weighted by molar-refractivity contribution is 6.36. The molecule has 1 unspecified atom stereocenters. The average molecular weight is 325 g/mol. The molecule has 0 aliphatic carbocycles. The molecular weight excluding hydrogens is 310 g/mol. The second-order valence-electron chi connectivity index (χ2n) is 5.55. The summed E-state index contributed by atoms with van der Waals surface area (Å²) in [7, 11) is 0. The van der Waals surface area contributed by atoms with Gasteiger partial charge in [-0.3, -0.25) is 15.1 Å². The molecule has 1 atom stereocenters. The summed E-state index contributed by atoms with van der Waals surface area (Å²) in [5.41, 5.74) is 2.33. The van der Waals surface area contributed by atoms with E-state index in [0.29, 0.717) is 11.3 Å². The molecule has 0 bridgehead atoms. The Morgan fingerprint density at radius 1 is 1.29 bits per heavy atom. The molecule has 1 aliphatic heterocycles. The number of carboxylic acids is 1.